The summed E-state index contributed by atoms with van der Waals surface area (Å²) in [6.07, 6.45) is 5.07. The monoisotopic (exact) mass is 633 g/mol. The topological polar surface area (TPSA) is 129 Å². The van der Waals surface area contributed by atoms with E-state index < -0.39 is 23.3 Å². The summed E-state index contributed by atoms with van der Waals surface area (Å²) >= 11 is 0. The van der Waals surface area contributed by atoms with Gasteiger partial charge in [-0.3, -0.25) is 14.4 Å². The number of H-pyrrole nitrogens is 1. The summed E-state index contributed by atoms with van der Waals surface area (Å²) in [5.41, 5.74) is 0.707. The minimum atomic E-state index is -4.70. The highest BCUT2D eigenvalue weighted by molar-refractivity contribution is 5.95. The zero-order valence-corrected chi connectivity index (χ0v) is 25.6. The Hall–Kier alpha value is -4.51. The lowest BCUT2D eigenvalue weighted by molar-refractivity contribution is -0.141. The van der Waals surface area contributed by atoms with Gasteiger partial charge in [0.2, 0.25) is 5.88 Å². The molecule has 1 amide bonds. The van der Waals surface area contributed by atoms with Crippen molar-refractivity contribution >= 4 is 16.9 Å². The number of carbonyl (C=O) groups is 1. The Balaban J connectivity index is 0.991. The summed E-state index contributed by atoms with van der Waals surface area (Å²) in [6.45, 7) is 6.38. The molecule has 3 aliphatic rings. The van der Waals surface area contributed by atoms with E-state index in [0.29, 0.717) is 45.4 Å². The minimum Gasteiger partial charge on any atom is -0.474 e. The van der Waals surface area contributed by atoms with Gasteiger partial charge in [0, 0.05) is 67.2 Å². The number of ether oxygens (including phenoxy) is 1. The van der Waals surface area contributed by atoms with E-state index >= 15 is 0 Å². The van der Waals surface area contributed by atoms with Crippen LogP contribution in [-0.4, -0.2) is 83.7 Å². The number of nitrogens with one attached hydrogen (secondary N) is 1. The van der Waals surface area contributed by atoms with Crippen LogP contribution in [0.15, 0.2) is 43.1 Å². The summed E-state index contributed by atoms with van der Waals surface area (Å²) in [5, 5.41) is 15.2. The molecule has 7 rings (SSSR count). The van der Waals surface area contributed by atoms with E-state index in [-0.39, 0.29) is 29.0 Å². The first-order valence-corrected chi connectivity index (χ1v) is 15.4. The molecule has 6 heterocycles. The average Bonchev–Trinajstić information content (AvgIpc) is 3.68. The van der Waals surface area contributed by atoms with Gasteiger partial charge in [0.15, 0.2) is 0 Å². The van der Waals surface area contributed by atoms with E-state index in [4.69, 9.17) is 4.74 Å². The van der Waals surface area contributed by atoms with Gasteiger partial charge in [0.05, 0.1) is 29.9 Å². The second kappa shape index (κ2) is 11.1. The number of nitrogens with zero attached hydrogens (tertiary/aromatic N) is 8. The van der Waals surface area contributed by atoms with Crippen LogP contribution in [0.4, 0.5) is 13.2 Å². The molecular weight excluding hydrogens is 599 g/mol. The lowest BCUT2D eigenvalue weighted by atomic mass is 9.69. The second-order valence-corrected chi connectivity index (χ2v) is 13.5. The standard InChI is InChI=1S/C32H34F3N9O2/c1-30(2)17-43(18-30)29(45)20-11-25(32(33,34)35)41-26(12-20)46-23-4-9-42(10-5-23)22-13-31(14-22,6-7-36)44-16-21(15-40-44)27-24-3-8-37-28(24)39-19-38-27/h3,8,11-12,15-16,19,22-23H,4-6,9-10,13-14,17-18H2,1-2H3,(H,37,38,39)/t22-,31+. The Morgan fingerprint density at radius 2 is 1.93 bits per heavy atom. The molecule has 14 heteroatoms. The van der Waals surface area contributed by atoms with E-state index in [1.54, 1.807) is 11.1 Å². The molecule has 0 aromatic carbocycles. The molecule has 1 aliphatic carbocycles. The van der Waals surface area contributed by atoms with E-state index in [9.17, 15) is 23.2 Å². The molecule has 3 fully saturated rings. The van der Waals surface area contributed by atoms with Crippen molar-refractivity contribution in [3.63, 3.8) is 0 Å². The largest absolute Gasteiger partial charge is 0.474 e. The Bertz CT molecular complexity index is 1800. The fourth-order valence-corrected chi connectivity index (χ4v) is 7.12. The molecule has 2 saturated heterocycles. The van der Waals surface area contributed by atoms with Gasteiger partial charge in [-0.1, -0.05) is 13.8 Å². The Kier molecular flexibility index (Phi) is 7.26. The summed E-state index contributed by atoms with van der Waals surface area (Å²) in [7, 11) is 0. The number of hydrogen-bond donors (Lipinski definition) is 1. The Morgan fingerprint density at radius 3 is 2.63 bits per heavy atom. The third-order valence-corrected chi connectivity index (χ3v) is 9.48. The molecule has 0 atom stereocenters. The molecule has 0 radical (unpaired) electrons. The number of hydrogen-bond acceptors (Lipinski definition) is 8. The Morgan fingerprint density at radius 1 is 1.17 bits per heavy atom. The Labute approximate surface area is 263 Å². The number of pyridine rings is 1. The van der Waals surface area contributed by atoms with Crippen LogP contribution >= 0.6 is 0 Å². The number of carbonyl (C=O) groups excluding carboxylic acids is 1. The molecule has 0 spiro atoms. The first kappa shape index (κ1) is 30.2. The molecule has 11 nitrogen and oxygen atoms in total. The number of amides is 1. The van der Waals surface area contributed by atoms with E-state index in [0.717, 1.165) is 41.2 Å². The van der Waals surface area contributed by atoms with Crippen LogP contribution in [-0.2, 0) is 11.7 Å². The number of rotatable bonds is 7. The highest BCUT2D eigenvalue weighted by Crippen LogP contribution is 2.46. The minimum absolute atomic E-state index is 0.0494. The smallest absolute Gasteiger partial charge is 0.433 e. The second-order valence-electron chi connectivity index (χ2n) is 13.5. The number of nitriles is 1. The first-order chi connectivity index (χ1) is 21.9. The van der Waals surface area contributed by atoms with Crippen molar-refractivity contribution in [1.82, 2.24) is 39.5 Å². The third-order valence-electron chi connectivity index (χ3n) is 9.48. The maximum atomic E-state index is 13.7. The van der Waals surface area contributed by atoms with Gasteiger partial charge in [-0.15, -0.1) is 0 Å². The van der Waals surface area contributed by atoms with Gasteiger partial charge in [0.25, 0.3) is 5.91 Å². The van der Waals surface area contributed by atoms with Gasteiger partial charge >= 0.3 is 6.18 Å². The predicted octanol–water partition coefficient (Wildman–Crippen LogP) is 5.03. The lowest BCUT2D eigenvalue weighted by Gasteiger charge is -2.52. The summed E-state index contributed by atoms with van der Waals surface area (Å²) in [4.78, 5) is 32.4. The predicted molar refractivity (Wildman–Crippen MR) is 160 cm³/mol. The number of alkyl halides is 3. The molecule has 240 valence electrons. The molecule has 4 aromatic heterocycles. The summed E-state index contributed by atoms with van der Waals surface area (Å²) in [5.74, 6) is -0.625. The summed E-state index contributed by atoms with van der Waals surface area (Å²) < 4.78 is 48.9. The number of likely N-dealkylation sites (tertiary alicyclic amines) is 2. The highest BCUT2D eigenvalue weighted by atomic mass is 19.4. The van der Waals surface area contributed by atoms with E-state index in [1.807, 2.05) is 37.0 Å². The fourth-order valence-electron chi connectivity index (χ4n) is 7.12. The van der Waals surface area contributed by atoms with Crippen molar-refractivity contribution in [1.29, 1.82) is 5.26 Å². The van der Waals surface area contributed by atoms with Crippen molar-refractivity contribution in [2.24, 2.45) is 5.41 Å². The zero-order chi connectivity index (χ0) is 32.3. The van der Waals surface area contributed by atoms with Crippen LogP contribution in [0.25, 0.3) is 22.3 Å². The average molecular weight is 634 g/mol. The first-order valence-electron chi connectivity index (χ1n) is 15.4. The highest BCUT2D eigenvalue weighted by Gasteiger charge is 2.49. The van der Waals surface area contributed by atoms with E-state index in [2.05, 4.69) is 36.0 Å². The molecule has 1 N–H and O–H groups in total. The summed E-state index contributed by atoms with van der Waals surface area (Å²) in [6, 6.07) is 6.65. The quantitative estimate of drug-likeness (QED) is 0.300. The van der Waals surface area contributed by atoms with Crippen LogP contribution in [0.3, 0.4) is 0 Å². The molecule has 1 saturated carbocycles. The van der Waals surface area contributed by atoms with Gasteiger partial charge in [-0.25, -0.2) is 15.0 Å². The van der Waals surface area contributed by atoms with Crippen molar-refractivity contribution in [2.45, 2.75) is 69.8 Å². The molecule has 0 bridgehead atoms. The third kappa shape index (κ3) is 5.57. The van der Waals surface area contributed by atoms with Gasteiger partial charge in [0.1, 0.15) is 23.8 Å². The number of aromatic nitrogens is 6. The van der Waals surface area contributed by atoms with Crippen LogP contribution in [0.5, 0.6) is 5.88 Å². The van der Waals surface area contributed by atoms with Crippen LogP contribution in [0, 0.1) is 16.7 Å². The number of piperidine rings is 1. The molecule has 46 heavy (non-hydrogen) atoms. The van der Waals surface area contributed by atoms with Gasteiger partial charge in [-0.2, -0.15) is 23.5 Å². The van der Waals surface area contributed by atoms with Crippen LogP contribution < -0.4 is 4.74 Å². The molecule has 4 aromatic rings. The number of halogens is 3. The van der Waals surface area contributed by atoms with Gasteiger partial charge < -0.3 is 14.6 Å². The van der Waals surface area contributed by atoms with Crippen molar-refractivity contribution in [2.75, 3.05) is 26.2 Å². The normalized spacial score (nSPS) is 23.5. The number of aromatic amines is 1. The van der Waals surface area contributed by atoms with Crippen LogP contribution in [0.2, 0.25) is 0 Å². The lowest BCUT2D eigenvalue weighted by Crippen LogP contribution is -2.58. The van der Waals surface area contributed by atoms with Crippen LogP contribution in [0.1, 0.15) is 62.0 Å². The van der Waals surface area contributed by atoms with Crippen molar-refractivity contribution in [3.8, 4) is 23.2 Å². The maximum Gasteiger partial charge on any atom is 0.433 e. The van der Waals surface area contributed by atoms with Crippen molar-refractivity contribution in [3.05, 3.63) is 54.4 Å². The maximum absolute atomic E-state index is 13.7. The van der Waals surface area contributed by atoms with Crippen molar-refractivity contribution < 1.29 is 22.7 Å². The number of fused-ring (bicyclic) bond motifs is 1. The SMILES string of the molecule is CC1(C)CN(C(=O)c2cc(OC3CCN([C@H]4C[C@@](CC#N)(n5cc(-c6ncnc7[nH]ccc67)cn5)C4)CC3)nc(C(F)(F)F)c2)C1. The zero-order valence-electron chi connectivity index (χ0n) is 25.6. The van der Waals surface area contributed by atoms with Gasteiger partial charge in [-0.05, 0) is 43.2 Å². The molecule has 0 unspecified atom stereocenters. The van der Waals surface area contributed by atoms with E-state index in [1.165, 1.54) is 12.4 Å². The molecular formula is C32H34F3N9O2. The molecule has 2 aliphatic heterocycles. The fraction of sp³-hybridized carbons (Fsp3) is 0.500.